The first-order valence-electron chi connectivity index (χ1n) is 10.4. The largest absolute Gasteiger partial charge is 0.365 e. The predicted octanol–water partition coefficient (Wildman–Crippen LogP) is 3.75. The number of hydrogen-bond donors (Lipinski definition) is 2. The second-order valence-electron chi connectivity index (χ2n) is 7.51. The second-order valence-corrected chi connectivity index (χ2v) is 7.51. The molecule has 0 spiro atoms. The summed E-state index contributed by atoms with van der Waals surface area (Å²) in [5.74, 6) is -0.363. The van der Waals surface area contributed by atoms with Crippen molar-refractivity contribution in [2.45, 2.75) is 18.9 Å². The molecule has 6 nitrogen and oxygen atoms in total. The minimum atomic E-state index is -0.526. The van der Waals surface area contributed by atoms with E-state index in [0.29, 0.717) is 19.0 Å². The third kappa shape index (κ3) is 5.76. The topological polar surface area (TPSA) is 57.5 Å². The summed E-state index contributed by atoms with van der Waals surface area (Å²) >= 11 is 0. The van der Waals surface area contributed by atoms with Crippen LogP contribution in [0.25, 0.3) is 5.69 Å². The van der Waals surface area contributed by atoms with E-state index in [1.165, 1.54) is 23.8 Å². The fourth-order valence-corrected chi connectivity index (χ4v) is 3.82. The molecule has 170 valence electrons. The van der Waals surface area contributed by atoms with Crippen molar-refractivity contribution in [3.8, 4) is 5.69 Å². The van der Waals surface area contributed by atoms with Crippen LogP contribution in [0.4, 0.5) is 14.5 Å². The number of benzene rings is 2. The molecule has 0 bridgehead atoms. The highest BCUT2D eigenvalue weighted by Crippen LogP contribution is 2.26. The molecule has 9 heteroatoms. The van der Waals surface area contributed by atoms with Crippen LogP contribution in [0.3, 0.4) is 0 Å². The van der Waals surface area contributed by atoms with Crippen LogP contribution in [0.2, 0.25) is 0 Å². The van der Waals surface area contributed by atoms with Crippen molar-refractivity contribution < 1.29 is 8.78 Å². The summed E-state index contributed by atoms with van der Waals surface area (Å²) in [6.07, 6.45) is 5.30. The van der Waals surface area contributed by atoms with Crippen LogP contribution in [0.1, 0.15) is 12.0 Å². The molecule has 2 heterocycles. The molecule has 1 saturated heterocycles. The quantitative estimate of drug-likeness (QED) is 0.278. The van der Waals surface area contributed by atoms with Crippen molar-refractivity contribution in [3.05, 3.63) is 78.1 Å². The lowest BCUT2D eigenvalue weighted by atomic mass is 10.1. The van der Waals surface area contributed by atoms with Gasteiger partial charge in [0.25, 0.3) is 0 Å². The van der Waals surface area contributed by atoms with E-state index in [-0.39, 0.29) is 35.7 Å². The van der Waals surface area contributed by atoms with Crippen LogP contribution in [0.15, 0.2) is 65.9 Å². The van der Waals surface area contributed by atoms with Gasteiger partial charge in [-0.3, -0.25) is 4.99 Å². The van der Waals surface area contributed by atoms with Gasteiger partial charge in [-0.05, 0) is 48.7 Å². The van der Waals surface area contributed by atoms with Gasteiger partial charge in [0.05, 0.1) is 5.69 Å². The van der Waals surface area contributed by atoms with Gasteiger partial charge in [-0.1, -0.05) is 18.2 Å². The number of rotatable bonds is 6. The van der Waals surface area contributed by atoms with Crippen molar-refractivity contribution in [1.82, 2.24) is 20.4 Å². The zero-order chi connectivity index (χ0) is 21.6. The van der Waals surface area contributed by atoms with Crippen LogP contribution in [0.5, 0.6) is 0 Å². The second kappa shape index (κ2) is 11.3. The zero-order valence-electron chi connectivity index (χ0n) is 17.8. The highest BCUT2D eigenvalue weighted by Gasteiger charge is 2.27. The molecule has 0 amide bonds. The Morgan fingerprint density at radius 2 is 1.88 bits per heavy atom. The number of guanidine groups is 1. The number of halogens is 3. The number of aromatic nitrogens is 2. The summed E-state index contributed by atoms with van der Waals surface area (Å²) in [5.41, 5.74) is 2.28. The Hall–Kier alpha value is -2.69. The van der Waals surface area contributed by atoms with E-state index in [0.717, 1.165) is 25.1 Å². The Kier molecular flexibility index (Phi) is 8.43. The number of para-hydroxylation sites is 1. The average Bonchev–Trinajstić information content (AvgIpc) is 3.46. The molecule has 2 N–H and O–H groups in total. The molecule has 3 aromatic rings. The first kappa shape index (κ1) is 24.0. The lowest BCUT2D eigenvalue weighted by molar-refractivity contribution is 0.576. The van der Waals surface area contributed by atoms with Gasteiger partial charge in [0.2, 0.25) is 0 Å². The normalized spacial score (nSPS) is 16.0. The maximum Gasteiger partial charge on any atom is 0.191 e. The van der Waals surface area contributed by atoms with E-state index in [2.05, 4.69) is 32.9 Å². The van der Waals surface area contributed by atoms with Crippen molar-refractivity contribution >= 4 is 35.6 Å². The molecule has 1 aliphatic rings. The van der Waals surface area contributed by atoms with Gasteiger partial charge in [-0.2, -0.15) is 5.10 Å². The molecule has 2 aromatic carbocycles. The Labute approximate surface area is 203 Å². The van der Waals surface area contributed by atoms with E-state index in [9.17, 15) is 8.78 Å². The SMILES string of the molecule is CN=C(NCCc1ccc(-n2cccn2)cc1)NC1CCN(c2c(F)cccc2F)C1.I. The predicted molar refractivity (Wildman–Crippen MR) is 134 cm³/mol. The lowest BCUT2D eigenvalue weighted by Gasteiger charge is -2.21. The maximum absolute atomic E-state index is 14.0. The summed E-state index contributed by atoms with van der Waals surface area (Å²) in [5, 5.41) is 10.9. The Bertz CT molecular complexity index is 1000. The van der Waals surface area contributed by atoms with E-state index in [1.807, 2.05) is 29.1 Å². The molecule has 4 rings (SSSR count). The molecule has 0 aliphatic carbocycles. The lowest BCUT2D eigenvalue weighted by Crippen LogP contribution is -2.45. The smallest absolute Gasteiger partial charge is 0.191 e. The minimum Gasteiger partial charge on any atom is -0.365 e. The number of nitrogens with zero attached hydrogens (tertiary/aromatic N) is 4. The summed E-state index contributed by atoms with van der Waals surface area (Å²) in [4.78, 5) is 6.03. The standard InChI is InChI=1S/C23H26F2N6.HI/c1-26-23(27-13-10-17-6-8-19(9-7-17)31-14-3-12-28-31)29-18-11-15-30(16-18)22-20(24)4-2-5-21(22)25;/h2-9,12,14,18H,10-11,13,15-16H2,1H3,(H2,26,27,29);1H. The van der Waals surface area contributed by atoms with Crippen molar-refractivity contribution in [2.24, 2.45) is 4.99 Å². The van der Waals surface area contributed by atoms with Gasteiger partial charge in [-0.25, -0.2) is 13.5 Å². The van der Waals surface area contributed by atoms with E-state index in [1.54, 1.807) is 18.1 Å². The van der Waals surface area contributed by atoms with Gasteiger partial charge < -0.3 is 15.5 Å². The number of aliphatic imine (C=N–C) groups is 1. The van der Waals surface area contributed by atoms with Gasteiger partial charge >= 0.3 is 0 Å². The first-order valence-corrected chi connectivity index (χ1v) is 10.4. The summed E-state index contributed by atoms with van der Waals surface area (Å²) in [6, 6.07) is 14.2. The minimum absolute atomic E-state index is 0. The molecule has 1 aliphatic heterocycles. The van der Waals surface area contributed by atoms with Crippen LogP contribution in [-0.4, -0.2) is 48.5 Å². The van der Waals surface area contributed by atoms with Gasteiger partial charge in [0.1, 0.15) is 17.3 Å². The fraction of sp³-hybridized carbons (Fsp3) is 0.304. The monoisotopic (exact) mass is 552 g/mol. The number of nitrogens with one attached hydrogen (secondary N) is 2. The highest BCUT2D eigenvalue weighted by molar-refractivity contribution is 14.0. The molecule has 1 unspecified atom stereocenters. The van der Waals surface area contributed by atoms with Crippen molar-refractivity contribution in [1.29, 1.82) is 0 Å². The van der Waals surface area contributed by atoms with Crippen LogP contribution in [-0.2, 0) is 6.42 Å². The maximum atomic E-state index is 14.0. The van der Waals surface area contributed by atoms with E-state index < -0.39 is 11.6 Å². The van der Waals surface area contributed by atoms with Crippen molar-refractivity contribution in [2.75, 3.05) is 31.6 Å². The summed E-state index contributed by atoms with van der Waals surface area (Å²) in [7, 11) is 1.72. The van der Waals surface area contributed by atoms with Crippen molar-refractivity contribution in [3.63, 3.8) is 0 Å². The van der Waals surface area contributed by atoms with Crippen LogP contribution in [0, 0.1) is 11.6 Å². The van der Waals surface area contributed by atoms with Crippen LogP contribution >= 0.6 is 24.0 Å². The van der Waals surface area contributed by atoms with E-state index >= 15 is 0 Å². The van der Waals surface area contributed by atoms with Gasteiger partial charge in [0, 0.05) is 45.1 Å². The van der Waals surface area contributed by atoms with Crippen LogP contribution < -0.4 is 15.5 Å². The molecular formula is C23H27F2IN6. The third-order valence-electron chi connectivity index (χ3n) is 5.42. The summed E-state index contributed by atoms with van der Waals surface area (Å²) < 4.78 is 29.9. The first-order chi connectivity index (χ1) is 15.1. The molecule has 0 radical (unpaired) electrons. The average molecular weight is 552 g/mol. The molecule has 1 fully saturated rings. The molecule has 0 saturated carbocycles. The Balaban J connectivity index is 0.00000289. The third-order valence-corrected chi connectivity index (χ3v) is 5.42. The highest BCUT2D eigenvalue weighted by atomic mass is 127. The molecular weight excluding hydrogens is 525 g/mol. The number of anilines is 1. The Morgan fingerprint density at radius 1 is 1.12 bits per heavy atom. The summed E-state index contributed by atoms with van der Waals surface area (Å²) in [6.45, 7) is 1.84. The zero-order valence-corrected chi connectivity index (χ0v) is 20.2. The molecule has 1 atom stereocenters. The Morgan fingerprint density at radius 3 is 2.53 bits per heavy atom. The molecule has 1 aromatic heterocycles. The van der Waals surface area contributed by atoms with Gasteiger partial charge in [-0.15, -0.1) is 24.0 Å². The number of hydrogen-bond acceptors (Lipinski definition) is 3. The van der Waals surface area contributed by atoms with E-state index in [4.69, 9.17) is 0 Å². The van der Waals surface area contributed by atoms with Gasteiger partial charge in [0.15, 0.2) is 5.96 Å². The molecule has 32 heavy (non-hydrogen) atoms. The fourth-order valence-electron chi connectivity index (χ4n) is 3.82.